The molecule has 0 amide bonds. The van der Waals surface area contributed by atoms with Crippen LogP contribution in [0.1, 0.15) is 21.8 Å². The van der Waals surface area contributed by atoms with Gasteiger partial charge in [0.1, 0.15) is 10.5 Å². The average molecular weight is 299 g/mol. The van der Waals surface area contributed by atoms with E-state index in [4.69, 9.17) is 16.0 Å². The lowest BCUT2D eigenvalue weighted by atomic mass is 10.1. The summed E-state index contributed by atoms with van der Waals surface area (Å²) >= 11 is 6.19. The predicted molar refractivity (Wildman–Crippen MR) is 78.5 cm³/mol. The molecule has 0 radical (unpaired) electrons. The third-order valence-electron chi connectivity index (χ3n) is 2.94. The highest BCUT2D eigenvalue weighted by Crippen LogP contribution is 2.25. The number of benzene rings is 2. The van der Waals surface area contributed by atoms with Gasteiger partial charge in [-0.15, -0.1) is 0 Å². The molecule has 21 heavy (non-hydrogen) atoms. The molecule has 0 aliphatic rings. The van der Waals surface area contributed by atoms with Gasteiger partial charge in [0.25, 0.3) is 0 Å². The number of hydrogen-bond donors (Lipinski definition) is 0. The molecule has 0 atom stereocenters. The number of carbonyl (C=O) groups is 1. The van der Waals surface area contributed by atoms with E-state index in [1.807, 2.05) is 24.3 Å². The highest BCUT2D eigenvalue weighted by atomic mass is 35.5. The Morgan fingerprint density at radius 2 is 1.86 bits per heavy atom. The summed E-state index contributed by atoms with van der Waals surface area (Å²) in [4.78, 5) is 15.0. The summed E-state index contributed by atoms with van der Waals surface area (Å²) in [6.45, 7) is 0. The number of aromatic carboxylic acids is 1. The number of para-hydroxylation sites is 2. The van der Waals surface area contributed by atoms with Crippen molar-refractivity contribution in [2.45, 2.75) is 0 Å². The fourth-order valence-corrected chi connectivity index (χ4v) is 2.10. The molecule has 0 unspecified atom stereocenters. The zero-order valence-corrected chi connectivity index (χ0v) is 11.5. The quantitative estimate of drug-likeness (QED) is 0.745. The van der Waals surface area contributed by atoms with Crippen molar-refractivity contribution in [3.05, 3.63) is 65.5 Å². The first kappa shape index (κ1) is 13.4. The second-order valence-electron chi connectivity index (χ2n) is 4.39. The molecule has 1 heterocycles. The van der Waals surface area contributed by atoms with Crippen LogP contribution in [0.4, 0.5) is 0 Å². The second kappa shape index (κ2) is 5.42. The molecule has 4 nitrogen and oxygen atoms in total. The monoisotopic (exact) mass is 298 g/mol. The number of oxazole rings is 1. The summed E-state index contributed by atoms with van der Waals surface area (Å²) in [5.41, 5.74) is 2.25. The predicted octanol–water partition coefficient (Wildman–Crippen LogP) is 2.93. The molecular formula is C16H9ClNO3-. The lowest BCUT2D eigenvalue weighted by Gasteiger charge is -2.02. The number of carbonyl (C=O) groups excluding carboxylic acids is 1. The topological polar surface area (TPSA) is 66.2 Å². The van der Waals surface area contributed by atoms with Crippen LogP contribution >= 0.6 is 11.6 Å². The summed E-state index contributed by atoms with van der Waals surface area (Å²) in [7, 11) is 0. The lowest BCUT2D eigenvalue weighted by Crippen LogP contribution is -2.21. The maximum Gasteiger partial charge on any atom is 0.238 e. The maximum absolute atomic E-state index is 10.7. The van der Waals surface area contributed by atoms with Crippen molar-refractivity contribution < 1.29 is 14.3 Å². The summed E-state index contributed by atoms with van der Waals surface area (Å²) in [5.74, 6) is -0.891. The molecule has 0 N–H and O–H groups in total. The average Bonchev–Trinajstić information content (AvgIpc) is 2.92. The third kappa shape index (κ3) is 2.80. The molecule has 3 rings (SSSR count). The number of fused-ring (bicyclic) bond motifs is 1. The van der Waals surface area contributed by atoms with Crippen molar-refractivity contribution in [2.24, 2.45) is 0 Å². The van der Waals surface area contributed by atoms with Gasteiger partial charge in [0.05, 0.1) is 5.97 Å². The van der Waals surface area contributed by atoms with Crippen molar-refractivity contribution >= 4 is 39.8 Å². The van der Waals surface area contributed by atoms with E-state index in [0.717, 1.165) is 11.1 Å². The number of carboxylic acid groups (broad SMARTS) is 1. The van der Waals surface area contributed by atoms with Gasteiger partial charge in [-0.1, -0.05) is 48.0 Å². The molecule has 0 fully saturated rings. The Labute approximate surface area is 125 Å². The van der Waals surface area contributed by atoms with E-state index in [2.05, 4.69) is 4.98 Å². The van der Waals surface area contributed by atoms with Crippen LogP contribution in [-0.2, 0) is 0 Å². The standard InChI is InChI=1S/C16H10ClNO3/c17-12(9-10-5-7-11(8-6-10)16(19)20)15-18-13-3-1-2-4-14(13)21-15/h1-9H,(H,19,20)/p-1/b12-9-. The summed E-state index contributed by atoms with van der Waals surface area (Å²) in [6, 6.07) is 13.5. The number of nitrogens with zero attached hydrogens (tertiary/aromatic N) is 1. The minimum absolute atomic E-state index is 0.116. The van der Waals surface area contributed by atoms with Crippen molar-refractivity contribution in [1.29, 1.82) is 0 Å². The van der Waals surface area contributed by atoms with Gasteiger partial charge in [0, 0.05) is 0 Å². The molecule has 104 valence electrons. The van der Waals surface area contributed by atoms with Gasteiger partial charge < -0.3 is 14.3 Å². The number of carboxylic acids is 1. The highest BCUT2D eigenvalue weighted by molar-refractivity contribution is 6.50. The van der Waals surface area contributed by atoms with E-state index in [1.165, 1.54) is 12.1 Å². The zero-order valence-electron chi connectivity index (χ0n) is 10.7. The van der Waals surface area contributed by atoms with Crippen LogP contribution in [0.2, 0.25) is 0 Å². The largest absolute Gasteiger partial charge is 0.545 e. The number of aromatic nitrogens is 1. The van der Waals surface area contributed by atoms with E-state index in [9.17, 15) is 9.90 Å². The molecular weight excluding hydrogens is 290 g/mol. The third-order valence-corrected chi connectivity index (χ3v) is 3.21. The van der Waals surface area contributed by atoms with Crippen LogP contribution in [0.25, 0.3) is 22.2 Å². The van der Waals surface area contributed by atoms with E-state index in [0.29, 0.717) is 16.5 Å². The van der Waals surface area contributed by atoms with E-state index >= 15 is 0 Å². The Hall–Kier alpha value is -2.59. The molecule has 1 aromatic heterocycles. The van der Waals surface area contributed by atoms with Gasteiger partial charge in [-0.25, -0.2) is 4.98 Å². The fourth-order valence-electron chi connectivity index (χ4n) is 1.90. The van der Waals surface area contributed by atoms with Crippen LogP contribution in [0.3, 0.4) is 0 Å². The molecule has 0 aliphatic heterocycles. The van der Waals surface area contributed by atoms with Crippen LogP contribution < -0.4 is 5.11 Å². The molecule has 3 aromatic rings. The minimum Gasteiger partial charge on any atom is -0.545 e. The van der Waals surface area contributed by atoms with Crippen LogP contribution in [0.5, 0.6) is 0 Å². The smallest absolute Gasteiger partial charge is 0.238 e. The summed E-state index contributed by atoms with van der Waals surface area (Å²) in [6.07, 6.45) is 1.66. The molecule has 0 spiro atoms. The van der Waals surface area contributed by atoms with Crippen molar-refractivity contribution in [3.63, 3.8) is 0 Å². The molecule has 0 bridgehead atoms. The van der Waals surface area contributed by atoms with Gasteiger partial charge in [-0.2, -0.15) is 0 Å². The first-order valence-corrected chi connectivity index (χ1v) is 6.56. The minimum atomic E-state index is -1.21. The van der Waals surface area contributed by atoms with Crippen molar-refractivity contribution in [1.82, 2.24) is 4.98 Å². The highest BCUT2D eigenvalue weighted by Gasteiger charge is 2.08. The second-order valence-corrected chi connectivity index (χ2v) is 4.80. The van der Waals surface area contributed by atoms with E-state index < -0.39 is 5.97 Å². The van der Waals surface area contributed by atoms with E-state index in [-0.39, 0.29) is 5.56 Å². The van der Waals surface area contributed by atoms with Gasteiger partial charge >= 0.3 is 0 Å². The normalized spacial score (nSPS) is 11.8. The zero-order chi connectivity index (χ0) is 14.8. The van der Waals surface area contributed by atoms with Crippen LogP contribution in [0.15, 0.2) is 52.9 Å². The SMILES string of the molecule is O=C([O-])c1ccc(/C=C(\Cl)c2nc3ccccc3o2)cc1. The Balaban J connectivity index is 1.92. The molecule has 5 heteroatoms. The number of hydrogen-bond acceptors (Lipinski definition) is 4. The Morgan fingerprint density at radius 1 is 1.14 bits per heavy atom. The first-order valence-electron chi connectivity index (χ1n) is 6.18. The Kier molecular flexibility index (Phi) is 3.46. The molecule has 2 aromatic carbocycles. The fraction of sp³-hybridized carbons (Fsp3) is 0. The maximum atomic E-state index is 10.7. The van der Waals surface area contributed by atoms with Gasteiger partial charge in [-0.05, 0) is 29.3 Å². The number of halogens is 1. The van der Waals surface area contributed by atoms with Crippen molar-refractivity contribution in [2.75, 3.05) is 0 Å². The van der Waals surface area contributed by atoms with Crippen LogP contribution in [0, 0.1) is 0 Å². The van der Waals surface area contributed by atoms with Crippen molar-refractivity contribution in [3.8, 4) is 0 Å². The first-order chi connectivity index (χ1) is 10.1. The Bertz CT molecular complexity index is 801. The van der Waals surface area contributed by atoms with Crippen LogP contribution in [-0.4, -0.2) is 11.0 Å². The summed E-state index contributed by atoms with van der Waals surface area (Å²) in [5, 5.41) is 11.0. The molecule has 0 saturated heterocycles. The lowest BCUT2D eigenvalue weighted by molar-refractivity contribution is -0.255. The van der Waals surface area contributed by atoms with Gasteiger partial charge in [0.2, 0.25) is 5.89 Å². The Morgan fingerprint density at radius 3 is 2.52 bits per heavy atom. The van der Waals surface area contributed by atoms with Gasteiger partial charge in [0.15, 0.2) is 5.58 Å². The van der Waals surface area contributed by atoms with Gasteiger partial charge in [-0.3, -0.25) is 0 Å². The summed E-state index contributed by atoms with van der Waals surface area (Å²) < 4.78 is 5.55. The molecule has 0 saturated carbocycles. The number of rotatable bonds is 3. The molecule has 0 aliphatic carbocycles. The van der Waals surface area contributed by atoms with E-state index in [1.54, 1.807) is 18.2 Å².